The van der Waals surface area contributed by atoms with Crippen LogP contribution in [0.2, 0.25) is 0 Å². The SMILES string of the molecule is O=C(O)c1ccccc1-c1nn(-c2ccc([N+](=O)[O-])cc2)c2ccccc12. The first kappa shape index (κ1) is 16.5. The van der Waals surface area contributed by atoms with E-state index in [9.17, 15) is 20.0 Å². The Balaban J connectivity index is 1.95. The highest BCUT2D eigenvalue weighted by molar-refractivity contribution is 6.02. The minimum absolute atomic E-state index is 0.00772. The summed E-state index contributed by atoms with van der Waals surface area (Å²) in [6.07, 6.45) is 0. The number of aromatic carboxylic acids is 1. The van der Waals surface area contributed by atoms with Crippen molar-refractivity contribution in [3.63, 3.8) is 0 Å². The average molecular weight is 359 g/mol. The van der Waals surface area contributed by atoms with Crippen molar-refractivity contribution in [3.05, 3.63) is 88.5 Å². The van der Waals surface area contributed by atoms with Crippen molar-refractivity contribution >= 4 is 22.6 Å². The number of hydrogen-bond donors (Lipinski definition) is 1. The Bertz CT molecular complexity index is 1180. The molecule has 1 heterocycles. The van der Waals surface area contributed by atoms with Gasteiger partial charge in [-0.1, -0.05) is 36.4 Å². The number of rotatable bonds is 4. The van der Waals surface area contributed by atoms with E-state index in [1.807, 2.05) is 24.3 Å². The number of fused-ring (bicyclic) bond motifs is 1. The number of carboxylic acid groups (broad SMARTS) is 1. The van der Waals surface area contributed by atoms with Crippen LogP contribution in [-0.2, 0) is 0 Å². The maximum absolute atomic E-state index is 11.6. The third-order valence-corrected chi connectivity index (χ3v) is 4.31. The first-order valence-electron chi connectivity index (χ1n) is 8.11. The van der Waals surface area contributed by atoms with E-state index >= 15 is 0 Å². The van der Waals surface area contributed by atoms with Gasteiger partial charge in [-0.05, 0) is 24.3 Å². The zero-order chi connectivity index (χ0) is 19.0. The van der Waals surface area contributed by atoms with Crippen molar-refractivity contribution in [1.82, 2.24) is 9.78 Å². The molecule has 0 radical (unpaired) electrons. The van der Waals surface area contributed by atoms with Crippen molar-refractivity contribution < 1.29 is 14.8 Å². The van der Waals surface area contributed by atoms with Gasteiger partial charge in [0.05, 0.1) is 21.7 Å². The van der Waals surface area contributed by atoms with Crippen LogP contribution < -0.4 is 0 Å². The van der Waals surface area contributed by atoms with E-state index in [0.717, 1.165) is 10.9 Å². The summed E-state index contributed by atoms with van der Waals surface area (Å²) in [4.78, 5) is 22.0. The summed E-state index contributed by atoms with van der Waals surface area (Å²) >= 11 is 0. The molecule has 4 aromatic rings. The summed E-state index contributed by atoms with van der Waals surface area (Å²) in [7, 11) is 0. The van der Waals surface area contributed by atoms with Crippen molar-refractivity contribution in [3.8, 4) is 16.9 Å². The maximum atomic E-state index is 11.6. The largest absolute Gasteiger partial charge is 0.478 e. The van der Waals surface area contributed by atoms with Crippen molar-refractivity contribution in [2.45, 2.75) is 0 Å². The Kier molecular flexibility index (Phi) is 3.89. The number of nitro benzene ring substituents is 1. The van der Waals surface area contributed by atoms with Gasteiger partial charge in [-0.2, -0.15) is 5.10 Å². The molecule has 0 atom stereocenters. The maximum Gasteiger partial charge on any atom is 0.336 e. The molecule has 0 fully saturated rings. The number of hydrogen-bond acceptors (Lipinski definition) is 4. The van der Waals surface area contributed by atoms with Crippen LogP contribution in [0.4, 0.5) is 5.69 Å². The lowest BCUT2D eigenvalue weighted by atomic mass is 10.0. The van der Waals surface area contributed by atoms with Crippen LogP contribution in [0.25, 0.3) is 27.8 Å². The summed E-state index contributed by atoms with van der Waals surface area (Å²) in [5, 5.41) is 25.8. The average Bonchev–Trinajstić information content (AvgIpc) is 3.07. The Hall–Kier alpha value is -4.00. The molecule has 0 bridgehead atoms. The lowest BCUT2D eigenvalue weighted by Crippen LogP contribution is -2.00. The summed E-state index contributed by atoms with van der Waals surface area (Å²) in [6.45, 7) is 0. The fourth-order valence-corrected chi connectivity index (χ4v) is 3.05. The molecule has 1 N–H and O–H groups in total. The van der Waals surface area contributed by atoms with E-state index in [-0.39, 0.29) is 11.3 Å². The van der Waals surface area contributed by atoms with Crippen molar-refractivity contribution in [1.29, 1.82) is 0 Å². The van der Waals surface area contributed by atoms with Crippen LogP contribution in [0.1, 0.15) is 10.4 Å². The van der Waals surface area contributed by atoms with Crippen LogP contribution in [0.3, 0.4) is 0 Å². The monoisotopic (exact) mass is 359 g/mol. The van der Waals surface area contributed by atoms with Gasteiger partial charge in [0, 0.05) is 23.1 Å². The summed E-state index contributed by atoms with van der Waals surface area (Å²) in [5.41, 5.74) is 2.64. The van der Waals surface area contributed by atoms with Crippen LogP contribution in [0.5, 0.6) is 0 Å². The van der Waals surface area contributed by atoms with E-state index < -0.39 is 10.9 Å². The molecular formula is C20H13N3O4. The molecule has 27 heavy (non-hydrogen) atoms. The highest BCUT2D eigenvalue weighted by atomic mass is 16.6. The minimum Gasteiger partial charge on any atom is -0.478 e. The van der Waals surface area contributed by atoms with Crippen molar-refractivity contribution in [2.24, 2.45) is 0 Å². The van der Waals surface area contributed by atoms with Gasteiger partial charge in [-0.25, -0.2) is 9.48 Å². The van der Waals surface area contributed by atoms with Gasteiger partial charge < -0.3 is 5.11 Å². The number of nitrogens with zero attached hydrogens (tertiary/aromatic N) is 3. The predicted octanol–water partition coefficient (Wildman–Crippen LogP) is 4.30. The summed E-state index contributed by atoms with van der Waals surface area (Å²) < 4.78 is 1.66. The van der Waals surface area contributed by atoms with Crippen LogP contribution in [0, 0.1) is 10.1 Å². The molecule has 0 spiro atoms. The normalized spacial score (nSPS) is 10.8. The van der Waals surface area contributed by atoms with E-state index in [0.29, 0.717) is 16.9 Å². The molecule has 0 amide bonds. The molecule has 132 valence electrons. The van der Waals surface area contributed by atoms with Gasteiger partial charge >= 0.3 is 5.97 Å². The van der Waals surface area contributed by atoms with Gasteiger partial charge in [0.2, 0.25) is 0 Å². The molecule has 3 aromatic carbocycles. The standard InChI is InChI=1S/C20H13N3O4/c24-20(25)16-6-2-1-5-15(16)19-17-7-3-4-8-18(17)22(21-19)13-9-11-14(12-10-13)23(26)27/h1-12H,(H,24,25). The lowest BCUT2D eigenvalue weighted by Gasteiger charge is -2.04. The Morgan fingerprint density at radius 3 is 2.33 bits per heavy atom. The second-order valence-electron chi connectivity index (χ2n) is 5.90. The third kappa shape index (κ3) is 2.81. The number of aromatic nitrogens is 2. The zero-order valence-electron chi connectivity index (χ0n) is 13.9. The van der Waals surface area contributed by atoms with E-state index in [1.165, 1.54) is 18.2 Å². The van der Waals surface area contributed by atoms with E-state index in [1.54, 1.807) is 35.0 Å². The van der Waals surface area contributed by atoms with Gasteiger partial charge in [0.15, 0.2) is 0 Å². The second-order valence-corrected chi connectivity index (χ2v) is 5.90. The zero-order valence-corrected chi connectivity index (χ0v) is 13.9. The summed E-state index contributed by atoms with van der Waals surface area (Å²) in [5.74, 6) is -1.03. The Morgan fingerprint density at radius 1 is 0.963 bits per heavy atom. The number of benzene rings is 3. The number of nitro groups is 1. The number of carboxylic acids is 1. The molecule has 0 saturated carbocycles. The highest BCUT2D eigenvalue weighted by Crippen LogP contribution is 2.32. The van der Waals surface area contributed by atoms with Gasteiger partial charge in [-0.3, -0.25) is 10.1 Å². The molecule has 0 aliphatic rings. The first-order chi connectivity index (χ1) is 13.1. The van der Waals surface area contributed by atoms with Crippen LogP contribution in [-0.4, -0.2) is 25.8 Å². The summed E-state index contributed by atoms with van der Waals surface area (Å²) in [6, 6.07) is 20.2. The molecular weight excluding hydrogens is 346 g/mol. The smallest absolute Gasteiger partial charge is 0.336 e. The first-order valence-corrected chi connectivity index (χ1v) is 8.11. The molecule has 1 aromatic heterocycles. The molecule has 0 aliphatic carbocycles. The molecule has 4 rings (SSSR count). The highest BCUT2D eigenvalue weighted by Gasteiger charge is 2.18. The number of carbonyl (C=O) groups is 1. The van der Waals surface area contributed by atoms with Crippen molar-refractivity contribution in [2.75, 3.05) is 0 Å². The number of para-hydroxylation sites is 1. The molecule has 7 nitrogen and oxygen atoms in total. The quantitative estimate of drug-likeness (QED) is 0.433. The van der Waals surface area contributed by atoms with Crippen LogP contribution >= 0.6 is 0 Å². The fourth-order valence-electron chi connectivity index (χ4n) is 3.05. The van der Waals surface area contributed by atoms with E-state index in [4.69, 9.17) is 0 Å². The van der Waals surface area contributed by atoms with Gasteiger partial charge in [0.1, 0.15) is 5.69 Å². The predicted molar refractivity (Wildman–Crippen MR) is 100 cm³/mol. The molecule has 7 heteroatoms. The minimum atomic E-state index is -1.03. The second kappa shape index (κ2) is 6.38. The Morgan fingerprint density at radius 2 is 1.63 bits per heavy atom. The lowest BCUT2D eigenvalue weighted by molar-refractivity contribution is -0.384. The molecule has 0 unspecified atom stereocenters. The van der Waals surface area contributed by atoms with Crippen LogP contribution in [0.15, 0.2) is 72.8 Å². The number of non-ortho nitro benzene ring substituents is 1. The van der Waals surface area contributed by atoms with Gasteiger partial charge in [0.25, 0.3) is 5.69 Å². The topological polar surface area (TPSA) is 98.3 Å². The fraction of sp³-hybridized carbons (Fsp3) is 0. The van der Waals surface area contributed by atoms with Gasteiger partial charge in [-0.15, -0.1) is 0 Å². The molecule has 0 saturated heterocycles. The Labute approximate surface area is 153 Å². The van der Waals surface area contributed by atoms with E-state index in [2.05, 4.69) is 5.10 Å². The molecule has 0 aliphatic heterocycles. The third-order valence-electron chi connectivity index (χ3n) is 4.31.